The Labute approximate surface area is 126 Å². The van der Waals surface area contributed by atoms with Crippen LogP contribution in [0.4, 0.5) is 0 Å². The van der Waals surface area contributed by atoms with Crippen LogP contribution in [0, 0.1) is 0 Å². The Morgan fingerprint density at radius 1 is 1.11 bits per heavy atom. The highest BCUT2D eigenvalue weighted by molar-refractivity contribution is 9.10. The zero-order valence-electron chi connectivity index (χ0n) is 10.4. The fourth-order valence-electron chi connectivity index (χ4n) is 2.67. The number of rotatable bonds is 2. The van der Waals surface area contributed by atoms with E-state index in [2.05, 4.69) is 28.1 Å². The van der Waals surface area contributed by atoms with Crippen molar-refractivity contribution >= 4 is 27.5 Å². The Kier molecular flexibility index (Phi) is 3.66. The molecule has 0 saturated heterocycles. The van der Waals surface area contributed by atoms with E-state index >= 15 is 0 Å². The molecule has 0 radical (unpaired) electrons. The summed E-state index contributed by atoms with van der Waals surface area (Å²) in [7, 11) is 0. The van der Waals surface area contributed by atoms with E-state index in [9.17, 15) is 5.11 Å². The van der Waals surface area contributed by atoms with Crippen LogP contribution in [0.15, 0.2) is 40.9 Å². The van der Waals surface area contributed by atoms with Gasteiger partial charge in [0.1, 0.15) is 6.10 Å². The normalized spacial score (nSPS) is 15.3. The number of hydrogen-bond donors (Lipinski definition) is 1. The van der Waals surface area contributed by atoms with Crippen LogP contribution in [0.5, 0.6) is 0 Å². The molecular formula is C16H14BrClO. The van der Waals surface area contributed by atoms with Crippen LogP contribution in [0.3, 0.4) is 0 Å². The van der Waals surface area contributed by atoms with Gasteiger partial charge in [-0.2, -0.15) is 0 Å². The van der Waals surface area contributed by atoms with E-state index in [1.807, 2.05) is 24.3 Å². The number of benzene rings is 2. The number of hydrogen-bond acceptors (Lipinski definition) is 1. The molecule has 3 heteroatoms. The Bertz CT molecular complexity index is 624. The molecule has 0 heterocycles. The molecular weight excluding hydrogens is 324 g/mol. The number of aliphatic hydroxyl groups is 1. The van der Waals surface area contributed by atoms with E-state index < -0.39 is 6.10 Å². The molecule has 0 aliphatic heterocycles. The first kappa shape index (κ1) is 13.2. The van der Waals surface area contributed by atoms with Gasteiger partial charge in [-0.1, -0.05) is 41.9 Å². The monoisotopic (exact) mass is 336 g/mol. The largest absolute Gasteiger partial charge is 0.384 e. The second kappa shape index (κ2) is 5.28. The molecule has 1 unspecified atom stereocenters. The average molecular weight is 338 g/mol. The lowest BCUT2D eigenvalue weighted by Crippen LogP contribution is -2.01. The van der Waals surface area contributed by atoms with Crippen LogP contribution in [0.1, 0.15) is 34.8 Å². The summed E-state index contributed by atoms with van der Waals surface area (Å²) < 4.78 is 0.812. The Morgan fingerprint density at radius 3 is 2.74 bits per heavy atom. The van der Waals surface area contributed by atoms with Gasteiger partial charge < -0.3 is 5.11 Å². The van der Waals surface area contributed by atoms with Crippen LogP contribution in [-0.4, -0.2) is 5.11 Å². The Hall–Kier alpha value is -0.830. The summed E-state index contributed by atoms with van der Waals surface area (Å²) in [6.07, 6.45) is 2.81. The van der Waals surface area contributed by atoms with E-state index in [1.54, 1.807) is 0 Å². The van der Waals surface area contributed by atoms with Crippen LogP contribution < -0.4 is 0 Å². The minimum atomic E-state index is -0.670. The fourth-order valence-corrected chi connectivity index (χ4v) is 3.28. The maximum absolute atomic E-state index is 10.5. The summed E-state index contributed by atoms with van der Waals surface area (Å²) in [5.74, 6) is 0. The maximum Gasteiger partial charge on any atom is 0.106 e. The van der Waals surface area contributed by atoms with Crippen molar-refractivity contribution < 1.29 is 5.11 Å². The second-order valence-corrected chi connectivity index (χ2v) is 6.16. The molecule has 98 valence electrons. The highest BCUT2D eigenvalue weighted by Crippen LogP contribution is 2.34. The van der Waals surface area contributed by atoms with Crippen LogP contribution in [0.25, 0.3) is 0 Å². The van der Waals surface area contributed by atoms with E-state index in [4.69, 9.17) is 11.6 Å². The quantitative estimate of drug-likeness (QED) is 0.844. The lowest BCUT2D eigenvalue weighted by atomic mass is 9.98. The third-order valence-corrected chi connectivity index (χ3v) is 5.03. The predicted octanol–water partition coefficient (Wildman–Crippen LogP) is 4.67. The molecule has 0 amide bonds. The van der Waals surface area contributed by atoms with Gasteiger partial charge in [0.15, 0.2) is 0 Å². The molecule has 0 saturated carbocycles. The molecule has 1 N–H and O–H groups in total. The van der Waals surface area contributed by atoms with Gasteiger partial charge >= 0.3 is 0 Å². The van der Waals surface area contributed by atoms with E-state index in [-0.39, 0.29) is 0 Å². The van der Waals surface area contributed by atoms with Crippen molar-refractivity contribution in [1.82, 2.24) is 0 Å². The minimum absolute atomic E-state index is 0.579. The zero-order valence-corrected chi connectivity index (χ0v) is 12.7. The lowest BCUT2D eigenvalue weighted by molar-refractivity contribution is 0.220. The van der Waals surface area contributed by atoms with Crippen molar-refractivity contribution in [3.05, 3.63) is 68.1 Å². The summed E-state index contributed by atoms with van der Waals surface area (Å²) in [5.41, 5.74) is 4.44. The molecule has 0 spiro atoms. The number of halogens is 2. The SMILES string of the molecule is OC(c1ccc2c(c1)CCC2)c1cccc(Br)c1Cl. The molecule has 19 heavy (non-hydrogen) atoms. The Balaban J connectivity index is 2.00. The van der Waals surface area contributed by atoms with Gasteiger partial charge in [-0.15, -0.1) is 0 Å². The first-order valence-corrected chi connectivity index (χ1v) is 7.57. The van der Waals surface area contributed by atoms with Gasteiger partial charge in [0.05, 0.1) is 5.02 Å². The molecule has 2 aromatic carbocycles. The fraction of sp³-hybridized carbons (Fsp3) is 0.250. The zero-order chi connectivity index (χ0) is 13.4. The highest BCUT2D eigenvalue weighted by Gasteiger charge is 2.18. The average Bonchev–Trinajstić information content (AvgIpc) is 2.88. The van der Waals surface area contributed by atoms with Gasteiger partial charge in [-0.25, -0.2) is 0 Å². The van der Waals surface area contributed by atoms with Crippen molar-refractivity contribution in [1.29, 1.82) is 0 Å². The molecule has 3 rings (SSSR count). The maximum atomic E-state index is 10.5. The molecule has 1 aliphatic rings. The predicted molar refractivity (Wildman–Crippen MR) is 81.7 cm³/mol. The van der Waals surface area contributed by atoms with Crippen LogP contribution in [-0.2, 0) is 12.8 Å². The smallest absolute Gasteiger partial charge is 0.106 e. The highest BCUT2D eigenvalue weighted by atomic mass is 79.9. The van der Waals surface area contributed by atoms with Gasteiger partial charge in [0.25, 0.3) is 0 Å². The van der Waals surface area contributed by atoms with Gasteiger partial charge in [-0.05, 0) is 57.9 Å². The number of aliphatic hydroxyl groups excluding tert-OH is 1. The van der Waals surface area contributed by atoms with Crippen molar-refractivity contribution in [2.24, 2.45) is 0 Å². The summed E-state index contributed by atoms with van der Waals surface area (Å²) in [6.45, 7) is 0. The van der Waals surface area contributed by atoms with E-state index in [0.29, 0.717) is 5.02 Å². The van der Waals surface area contributed by atoms with Crippen molar-refractivity contribution in [3.8, 4) is 0 Å². The molecule has 1 aliphatic carbocycles. The summed E-state index contributed by atoms with van der Waals surface area (Å²) in [4.78, 5) is 0. The summed E-state index contributed by atoms with van der Waals surface area (Å²) in [5, 5.41) is 11.1. The third-order valence-electron chi connectivity index (χ3n) is 3.71. The van der Waals surface area contributed by atoms with Gasteiger partial charge in [0.2, 0.25) is 0 Å². The Morgan fingerprint density at radius 2 is 1.89 bits per heavy atom. The topological polar surface area (TPSA) is 20.2 Å². The molecule has 0 fully saturated rings. The number of aryl methyl sites for hydroxylation is 2. The second-order valence-electron chi connectivity index (χ2n) is 4.93. The standard InChI is InChI=1S/C16H14BrClO/c17-14-6-2-5-13(15(14)18)16(19)12-8-7-10-3-1-4-11(10)9-12/h2,5-9,16,19H,1,3-4H2. The van der Waals surface area contributed by atoms with Crippen molar-refractivity contribution in [3.63, 3.8) is 0 Å². The molecule has 2 aromatic rings. The van der Waals surface area contributed by atoms with Gasteiger partial charge in [0, 0.05) is 10.0 Å². The van der Waals surface area contributed by atoms with Crippen molar-refractivity contribution in [2.75, 3.05) is 0 Å². The first-order chi connectivity index (χ1) is 9.16. The van der Waals surface area contributed by atoms with E-state index in [1.165, 1.54) is 17.5 Å². The number of fused-ring (bicyclic) bond motifs is 1. The summed E-state index contributed by atoms with van der Waals surface area (Å²) in [6, 6.07) is 11.9. The van der Waals surface area contributed by atoms with Crippen LogP contribution >= 0.6 is 27.5 Å². The van der Waals surface area contributed by atoms with Crippen LogP contribution in [0.2, 0.25) is 5.02 Å². The van der Waals surface area contributed by atoms with Gasteiger partial charge in [-0.3, -0.25) is 0 Å². The van der Waals surface area contributed by atoms with E-state index in [0.717, 1.165) is 28.4 Å². The molecule has 0 aromatic heterocycles. The molecule has 0 bridgehead atoms. The first-order valence-electron chi connectivity index (χ1n) is 6.40. The molecule has 1 nitrogen and oxygen atoms in total. The molecule has 1 atom stereocenters. The minimum Gasteiger partial charge on any atom is -0.384 e. The lowest BCUT2D eigenvalue weighted by Gasteiger charge is -2.15. The summed E-state index contributed by atoms with van der Waals surface area (Å²) >= 11 is 9.64. The third kappa shape index (κ3) is 2.45. The van der Waals surface area contributed by atoms with Crippen molar-refractivity contribution in [2.45, 2.75) is 25.4 Å².